The molecule has 1 N–H and O–H groups in total. The van der Waals surface area contributed by atoms with Crippen LogP contribution in [0.5, 0.6) is 5.75 Å². The van der Waals surface area contributed by atoms with E-state index in [-0.39, 0.29) is 5.41 Å². The average molecular weight is 282 g/mol. The second kappa shape index (κ2) is 4.31. The second-order valence-electron chi connectivity index (χ2n) is 6.54. The summed E-state index contributed by atoms with van der Waals surface area (Å²) in [6.45, 7) is 2.14. The van der Waals surface area contributed by atoms with E-state index >= 15 is 0 Å². The fourth-order valence-corrected chi connectivity index (χ4v) is 4.32. The topological polar surface area (TPSA) is 46.5 Å². The molecule has 0 radical (unpaired) electrons. The lowest BCUT2D eigenvalue weighted by Crippen LogP contribution is -2.32. The summed E-state index contributed by atoms with van der Waals surface area (Å²) in [6.07, 6.45) is 3.59. The Balaban J connectivity index is 1.91. The van der Waals surface area contributed by atoms with Gasteiger partial charge in [0.1, 0.15) is 5.78 Å². The van der Waals surface area contributed by atoms with Crippen molar-refractivity contribution in [2.75, 3.05) is 0 Å². The van der Waals surface area contributed by atoms with Gasteiger partial charge in [-0.3, -0.25) is 4.79 Å². The minimum Gasteiger partial charge on any atom is -0.340 e. The highest BCUT2D eigenvalue weighted by Crippen LogP contribution is 2.54. The Hall–Kier alpha value is -1.87. The Morgan fingerprint density at radius 2 is 2.10 bits per heavy atom. The molecule has 0 heterocycles. The lowest BCUT2D eigenvalue weighted by atomic mass is 9.66. The SMILES string of the molecule is C[C@]12CCc3c(ccc4cc(OO)ccc34)[C@@H]1CCC2=O. The van der Waals surface area contributed by atoms with Crippen LogP contribution in [-0.4, -0.2) is 11.0 Å². The van der Waals surface area contributed by atoms with Crippen LogP contribution in [0.1, 0.15) is 43.2 Å². The van der Waals surface area contributed by atoms with Gasteiger partial charge in [-0.2, -0.15) is 0 Å². The van der Waals surface area contributed by atoms with E-state index in [9.17, 15) is 4.79 Å². The Labute approximate surface area is 123 Å². The minimum atomic E-state index is -0.158. The van der Waals surface area contributed by atoms with Gasteiger partial charge in [-0.15, -0.1) is 0 Å². The molecule has 108 valence electrons. The molecule has 0 saturated heterocycles. The van der Waals surface area contributed by atoms with Gasteiger partial charge in [0, 0.05) is 11.8 Å². The van der Waals surface area contributed by atoms with E-state index in [2.05, 4.69) is 23.9 Å². The summed E-state index contributed by atoms with van der Waals surface area (Å²) in [5.41, 5.74) is 2.56. The molecule has 0 aromatic heterocycles. The number of hydrogen-bond donors (Lipinski definition) is 1. The number of rotatable bonds is 1. The molecule has 0 spiro atoms. The molecule has 0 amide bonds. The molecule has 2 aliphatic carbocycles. The summed E-state index contributed by atoms with van der Waals surface area (Å²) >= 11 is 0. The Morgan fingerprint density at radius 1 is 1.24 bits per heavy atom. The summed E-state index contributed by atoms with van der Waals surface area (Å²) in [6, 6.07) is 9.89. The maximum absolute atomic E-state index is 12.2. The zero-order valence-corrected chi connectivity index (χ0v) is 12.1. The molecule has 1 saturated carbocycles. The van der Waals surface area contributed by atoms with Gasteiger partial charge in [0.15, 0.2) is 5.75 Å². The highest BCUT2D eigenvalue weighted by Gasteiger charge is 2.49. The van der Waals surface area contributed by atoms with Crippen molar-refractivity contribution >= 4 is 16.6 Å². The molecule has 2 aromatic rings. The first-order valence-corrected chi connectivity index (χ1v) is 7.54. The van der Waals surface area contributed by atoms with Crippen molar-refractivity contribution in [1.82, 2.24) is 0 Å². The molecular weight excluding hydrogens is 264 g/mol. The lowest BCUT2D eigenvalue weighted by Gasteiger charge is -2.37. The quantitative estimate of drug-likeness (QED) is 0.633. The van der Waals surface area contributed by atoms with Crippen LogP contribution in [-0.2, 0) is 11.2 Å². The minimum absolute atomic E-state index is 0.158. The Morgan fingerprint density at radius 3 is 2.90 bits per heavy atom. The first kappa shape index (κ1) is 12.8. The Kier molecular flexibility index (Phi) is 2.64. The van der Waals surface area contributed by atoms with Crippen molar-refractivity contribution < 1.29 is 14.9 Å². The largest absolute Gasteiger partial charge is 0.340 e. The lowest BCUT2D eigenvalue weighted by molar-refractivity contribution is -0.137. The van der Waals surface area contributed by atoms with Crippen LogP contribution < -0.4 is 4.89 Å². The van der Waals surface area contributed by atoms with Crippen LogP contribution >= 0.6 is 0 Å². The molecule has 2 atom stereocenters. The molecule has 21 heavy (non-hydrogen) atoms. The van der Waals surface area contributed by atoms with E-state index in [4.69, 9.17) is 5.26 Å². The van der Waals surface area contributed by atoms with Gasteiger partial charge in [-0.1, -0.05) is 25.1 Å². The van der Waals surface area contributed by atoms with Gasteiger partial charge in [0.25, 0.3) is 0 Å². The van der Waals surface area contributed by atoms with Crippen LogP contribution in [0, 0.1) is 5.41 Å². The zero-order chi connectivity index (χ0) is 14.6. The first-order valence-electron chi connectivity index (χ1n) is 7.54. The van der Waals surface area contributed by atoms with Crippen molar-refractivity contribution in [1.29, 1.82) is 0 Å². The van der Waals surface area contributed by atoms with E-state index in [1.807, 2.05) is 12.1 Å². The number of benzene rings is 2. The number of aryl methyl sites for hydroxylation is 1. The van der Waals surface area contributed by atoms with Gasteiger partial charge < -0.3 is 4.89 Å². The highest BCUT2D eigenvalue weighted by atomic mass is 17.1. The van der Waals surface area contributed by atoms with Crippen molar-refractivity contribution in [3.63, 3.8) is 0 Å². The average Bonchev–Trinajstić information content (AvgIpc) is 2.82. The van der Waals surface area contributed by atoms with Gasteiger partial charge >= 0.3 is 0 Å². The summed E-state index contributed by atoms with van der Waals surface area (Å²) in [5, 5.41) is 11.1. The number of fused-ring (bicyclic) bond motifs is 5. The normalized spacial score (nSPS) is 27.5. The molecule has 0 bridgehead atoms. The van der Waals surface area contributed by atoms with Crippen molar-refractivity contribution in [2.24, 2.45) is 5.41 Å². The molecule has 3 nitrogen and oxygen atoms in total. The summed E-state index contributed by atoms with van der Waals surface area (Å²) in [4.78, 5) is 16.6. The predicted molar refractivity (Wildman–Crippen MR) is 80.6 cm³/mol. The van der Waals surface area contributed by atoms with Crippen molar-refractivity contribution in [2.45, 2.75) is 38.5 Å². The third-order valence-electron chi connectivity index (χ3n) is 5.58. The molecular formula is C18H18O3. The van der Waals surface area contributed by atoms with Crippen LogP contribution in [0.3, 0.4) is 0 Å². The molecule has 2 aromatic carbocycles. The standard InChI is InChI=1S/C18H18O3/c1-18-9-8-14-13-5-3-12(21-20)10-11(13)2-4-15(14)16(18)6-7-17(18)19/h2-5,10,16,20H,6-9H2,1H3/t16-,18-/m0/s1. The molecule has 0 unspecified atom stereocenters. The summed E-state index contributed by atoms with van der Waals surface area (Å²) < 4.78 is 0. The number of carbonyl (C=O) groups excluding carboxylic acids is 1. The molecule has 1 fully saturated rings. The van der Waals surface area contributed by atoms with Gasteiger partial charge in [0.05, 0.1) is 0 Å². The van der Waals surface area contributed by atoms with E-state index < -0.39 is 0 Å². The van der Waals surface area contributed by atoms with Crippen LogP contribution in [0.4, 0.5) is 0 Å². The third-order valence-corrected chi connectivity index (χ3v) is 5.58. The number of ketones is 1. The van der Waals surface area contributed by atoms with Gasteiger partial charge in [-0.25, -0.2) is 5.26 Å². The van der Waals surface area contributed by atoms with E-state index in [1.165, 1.54) is 16.5 Å². The second-order valence-corrected chi connectivity index (χ2v) is 6.54. The summed E-state index contributed by atoms with van der Waals surface area (Å²) in [7, 11) is 0. The maximum atomic E-state index is 12.2. The van der Waals surface area contributed by atoms with E-state index in [0.29, 0.717) is 17.5 Å². The third kappa shape index (κ3) is 1.67. The monoisotopic (exact) mass is 282 g/mol. The number of Topliss-reactive ketones (excluding diaryl/α,β-unsaturated/α-hetero) is 1. The van der Waals surface area contributed by atoms with E-state index in [0.717, 1.165) is 31.1 Å². The van der Waals surface area contributed by atoms with Crippen molar-refractivity contribution in [3.05, 3.63) is 41.5 Å². The fourth-order valence-electron chi connectivity index (χ4n) is 4.32. The van der Waals surface area contributed by atoms with Gasteiger partial charge in [-0.05, 0) is 59.2 Å². The van der Waals surface area contributed by atoms with Gasteiger partial charge in [0.2, 0.25) is 0 Å². The number of carbonyl (C=O) groups is 1. The van der Waals surface area contributed by atoms with Crippen LogP contribution in [0.2, 0.25) is 0 Å². The molecule has 3 heteroatoms. The predicted octanol–water partition coefficient (Wildman–Crippen LogP) is 4.09. The van der Waals surface area contributed by atoms with E-state index in [1.54, 1.807) is 6.07 Å². The maximum Gasteiger partial charge on any atom is 0.165 e. The van der Waals surface area contributed by atoms with Crippen molar-refractivity contribution in [3.8, 4) is 5.75 Å². The van der Waals surface area contributed by atoms with Crippen LogP contribution in [0.15, 0.2) is 30.3 Å². The van der Waals surface area contributed by atoms with Crippen LogP contribution in [0.25, 0.3) is 10.8 Å². The fraction of sp³-hybridized carbons (Fsp3) is 0.389. The Bertz CT molecular complexity index is 749. The number of hydrogen-bond acceptors (Lipinski definition) is 3. The first-order chi connectivity index (χ1) is 10.1. The zero-order valence-electron chi connectivity index (χ0n) is 12.1. The summed E-state index contributed by atoms with van der Waals surface area (Å²) in [5.74, 6) is 1.26. The molecule has 4 rings (SSSR count). The highest BCUT2D eigenvalue weighted by molar-refractivity contribution is 5.92. The molecule has 2 aliphatic rings. The molecule has 0 aliphatic heterocycles. The smallest absolute Gasteiger partial charge is 0.165 e.